The molecule has 0 aliphatic heterocycles. The van der Waals surface area contributed by atoms with Crippen LogP contribution < -0.4 is 5.32 Å². The lowest BCUT2D eigenvalue weighted by molar-refractivity contribution is -0.122. The Morgan fingerprint density at radius 3 is 1.91 bits per heavy atom. The third-order valence-electron chi connectivity index (χ3n) is 4.94. The predicted octanol–water partition coefficient (Wildman–Crippen LogP) is 6.49. The van der Waals surface area contributed by atoms with E-state index in [-0.39, 0.29) is 12.5 Å². The highest BCUT2D eigenvalue weighted by Gasteiger charge is 2.17. The molecule has 0 bridgehead atoms. The highest BCUT2D eigenvalue weighted by Crippen LogP contribution is 2.03. The monoisotopic (exact) mass is 457 g/mol. The molecule has 0 heterocycles. The van der Waals surface area contributed by atoms with Crippen molar-refractivity contribution in [1.29, 1.82) is 0 Å². The lowest BCUT2D eigenvalue weighted by Gasteiger charge is -2.19. The fraction of sp³-hybridized carbons (Fsp3) is 0.552. The Labute approximate surface area is 202 Å². The minimum absolute atomic E-state index is 0.164. The van der Waals surface area contributed by atoms with Gasteiger partial charge in [0.05, 0.1) is 18.8 Å². The van der Waals surface area contributed by atoms with Gasteiger partial charge in [-0.25, -0.2) is 0 Å². The molecule has 0 fully saturated rings. The SMILES string of the molecule is CC/C=C\C/C=C\C/C=C\C/C=C\CCC(=O)NC(CO)C(O)/C=C/CC/C=C/CCCC. The highest BCUT2D eigenvalue weighted by molar-refractivity contribution is 5.76. The number of unbranched alkanes of at least 4 members (excludes halogenated alkanes) is 3. The Kier molecular flexibility index (Phi) is 22.9. The van der Waals surface area contributed by atoms with Crippen LogP contribution in [0.4, 0.5) is 0 Å². The summed E-state index contributed by atoms with van der Waals surface area (Å²) in [6.45, 7) is 4.02. The molecule has 3 N–H and O–H groups in total. The Bertz CT molecular complexity index is 629. The number of amides is 1. The molecule has 4 heteroatoms. The van der Waals surface area contributed by atoms with E-state index in [1.54, 1.807) is 6.08 Å². The van der Waals surface area contributed by atoms with E-state index in [1.165, 1.54) is 12.8 Å². The molecule has 0 aromatic rings. The Balaban J connectivity index is 3.98. The van der Waals surface area contributed by atoms with Gasteiger partial charge in [0, 0.05) is 6.42 Å². The van der Waals surface area contributed by atoms with Gasteiger partial charge in [0.2, 0.25) is 5.91 Å². The van der Waals surface area contributed by atoms with Gasteiger partial charge in [0.25, 0.3) is 0 Å². The zero-order valence-electron chi connectivity index (χ0n) is 20.9. The van der Waals surface area contributed by atoms with Crippen LogP contribution in [0.3, 0.4) is 0 Å². The predicted molar refractivity (Wildman–Crippen MR) is 142 cm³/mol. The lowest BCUT2D eigenvalue weighted by Crippen LogP contribution is -2.45. The maximum Gasteiger partial charge on any atom is 0.220 e. The van der Waals surface area contributed by atoms with Crippen molar-refractivity contribution in [3.05, 3.63) is 72.9 Å². The fourth-order valence-corrected chi connectivity index (χ4v) is 2.95. The topological polar surface area (TPSA) is 69.6 Å². The smallest absolute Gasteiger partial charge is 0.220 e. The molecule has 0 saturated heterocycles. The number of nitrogens with one attached hydrogen (secondary N) is 1. The summed E-state index contributed by atoms with van der Waals surface area (Å²) in [5, 5.41) is 22.4. The quantitative estimate of drug-likeness (QED) is 0.144. The molecule has 0 spiro atoms. The first-order chi connectivity index (χ1) is 16.2. The first kappa shape index (κ1) is 30.8. The minimum Gasteiger partial charge on any atom is -0.394 e. The molecule has 2 atom stereocenters. The van der Waals surface area contributed by atoms with Gasteiger partial charge in [0.15, 0.2) is 0 Å². The number of hydrogen-bond donors (Lipinski definition) is 3. The molecule has 2 unspecified atom stereocenters. The second kappa shape index (κ2) is 24.5. The van der Waals surface area contributed by atoms with Gasteiger partial charge in [-0.15, -0.1) is 0 Å². The summed E-state index contributed by atoms with van der Waals surface area (Å²) in [4.78, 5) is 12.1. The number of allylic oxidation sites excluding steroid dienone is 11. The molecule has 33 heavy (non-hydrogen) atoms. The highest BCUT2D eigenvalue weighted by atomic mass is 16.3. The van der Waals surface area contributed by atoms with Crippen molar-refractivity contribution in [2.75, 3.05) is 6.61 Å². The lowest BCUT2D eigenvalue weighted by atomic mass is 10.1. The summed E-state index contributed by atoms with van der Waals surface area (Å²) in [7, 11) is 0. The van der Waals surface area contributed by atoms with Crippen LogP contribution in [-0.4, -0.2) is 34.9 Å². The summed E-state index contributed by atoms with van der Waals surface area (Å²) in [5.41, 5.74) is 0. The minimum atomic E-state index is -0.889. The van der Waals surface area contributed by atoms with Gasteiger partial charge in [-0.3, -0.25) is 4.79 Å². The molecule has 1 amide bonds. The van der Waals surface area contributed by atoms with E-state index in [1.807, 2.05) is 12.2 Å². The third-order valence-corrected chi connectivity index (χ3v) is 4.94. The van der Waals surface area contributed by atoms with Crippen molar-refractivity contribution in [3.8, 4) is 0 Å². The first-order valence-electron chi connectivity index (χ1n) is 12.7. The van der Waals surface area contributed by atoms with E-state index in [0.717, 1.165) is 44.9 Å². The van der Waals surface area contributed by atoms with E-state index in [4.69, 9.17) is 0 Å². The van der Waals surface area contributed by atoms with Crippen LogP contribution in [0.25, 0.3) is 0 Å². The first-order valence-corrected chi connectivity index (χ1v) is 12.7. The summed E-state index contributed by atoms with van der Waals surface area (Å²) in [5.74, 6) is -0.164. The van der Waals surface area contributed by atoms with Crippen molar-refractivity contribution in [2.24, 2.45) is 0 Å². The number of aliphatic hydroxyl groups excluding tert-OH is 2. The van der Waals surface area contributed by atoms with Crippen molar-refractivity contribution < 1.29 is 15.0 Å². The number of hydrogen-bond acceptors (Lipinski definition) is 3. The molecular formula is C29H47NO3. The van der Waals surface area contributed by atoms with Crippen LogP contribution in [0.2, 0.25) is 0 Å². The summed E-state index contributed by atoms with van der Waals surface area (Å²) in [6, 6.07) is -0.675. The van der Waals surface area contributed by atoms with Crippen LogP contribution in [-0.2, 0) is 4.79 Å². The molecule has 0 aromatic carbocycles. The van der Waals surface area contributed by atoms with E-state index < -0.39 is 12.1 Å². The molecule has 186 valence electrons. The van der Waals surface area contributed by atoms with E-state index in [2.05, 4.69) is 73.8 Å². The van der Waals surface area contributed by atoms with Gasteiger partial charge in [-0.05, 0) is 51.4 Å². The van der Waals surface area contributed by atoms with E-state index in [0.29, 0.717) is 12.8 Å². The van der Waals surface area contributed by atoms with Crippen LogP contribution >= 0.6 is 0 Å². The average Bonchev–Trinajstić information content (AvgIpc) is 2.82. The second-order valence-corrected chi connectivity index (χ2v) is 8.01. The van der Waals surface area contributed by atoms with Crippen molar-refractivity contribution in [2.45, 2.75) is 96.6 Å². The Hall–Kier alpha value is -2.17. The molecule has 0 radical (unpaired) electrons. The van der Waals surface area contributed by atoms with Crippen molar-refractivity contribution in [3.63, 3.8) is 0 Å². The maximum absolute atomic E-state index is 12.1. The third kappa shape index (κ3) is 21.4. The molecular weight excluding hydrogens is 410 g/mol. The van der Waals surface area contributed by atoms with Crippen molar-refractivity contribution >= 4 is 5.91 Å². The summed E-state index contributed by atoms with van der Waals surface area (Å²) < 4.78 is 0. The van der Waals surface area contributed by atoms with Gasteiger partial charge in [-0.1, -0.05) is 99.6 Å². The van der Waals surface area contributed by atoms with Gasteiger partial charge in [0.1, 0.15) is 0 Å². The van der Waals surface area contributed by atoms with Crippen LogP contribution in [0, 0.1) is 0 Å². The molecule has 0 aliphatic carbocycles. The molecule has 0 rings (SSSR count). The largest absolute Gasteiger partial charge is 0.394 e. The average molecular weight is 458 g/mol. The Morgan fingerprint density at radius 2 is 1.30 bits per heavy atom. The number of rotatable bonds is 20. The standard InChI is InChI=1S/C29H47NO3/c1-3-5-7-9-11-13-14-15-16-17-19-21-23-25-29(33)30-27(26-31)28(32)24-22-20-18-12-10-8-6-4-2/h5,7,10-13,15-16,19,21-22,24,27-28,31-32H,3-4,6,8-9,14,17-18,20,23,25-26H2,1-2H3,(H,30,33)/b7-5-,12-10+,13-11-,16-15-,21-19-,24-22+. The zero-order chi connectivity index (χ0) is 24.4. The van der Waals surface area contributed by atoms with Gasteiger partial charge < -0.3 is 15.5 Å². The number of aliphatic hydroxyl groups is 2. The number of carbonyl (C=O) groups is 1. The molecule has 0 saturated carbocycles. The van der Waals surface area contributed by atoms with Crippen LogP contribution in [0.5, 0.6) is 0 Å². The van der Waals surface area contributed by atoms with Crippen LogP contribution in [0.1, 0.15) is 84.5 Å². The maximum atomic E-state index is 12.1. The van der Waals surface area contributed by atoms with Crippen LogP contribution in [0.15, 0.2) is 72.9 Å². The fourth-order valence-electron chi connectivity index (χ4n) is 2.95. The molecule has 0 aromatic heterocycles. The van der Waals surface area contributed by atoms with E-state index >= 15 is 0 Å². The molecule has 0 aliphatic rings. The number of carbonyl (C=O) groups excluding carboxylic acids is 1. The summed E-state index contributed by atoms with van der Waals surface area (Å²) >= 11 is 0. The van der Waals surface area contributed by atoms with Gasteiger partial charge in [-0.2, -0.15) is 0 Å². The Morgan fingerprint density at radius 1 is 0.758 bits per heavy atom. The normalized spacial score (nSPS) is 14.7. The molecule has 4 nitrogen and oxygen atoms in total. The zero-order valence-corrected chi connectivity index (χ0v) is 20.9. The van der Waals surface area contributed by atoms with Crippen molar-refractivity contribution in [1.82, 2.24) is 5.32 Å². The summed E-state index contributed by atoms with van der Waals surface area (Å²) in [6.07, 6.45) is 34.1. The van der Waals surface area contributed by atoms with Gasteiger partial charge >= 0.3 is 0 Å². The second-order valence-electron chi connectivity index (χ2n) is 8.01. The van der Waals surface area contributed by atoms with E-state index in [9.17, 15) is 15.0 Å².